The van der Waals surface area contributed by atoms with Crippen LogP contribution in [0.4, 0.5) is 10.6 Å². The second kappa shape index (κ2) is 15.9. The van der Waals surface area contributed by atoms with Crippen molar-refractivity contribution in [1.82, 2.24) is 20.5 Å². The average Bonchev–Trinajstić information content (AvgIpc) is 3.44. The number of nitrogens with zero attached hydrogens (tertiary/aromatic N) is 2. The highest BCUT2D eigenvalue weighted by atomic mass is 16.6. The van der Waals surface area contributed by atoms with Crippen molar-refractivity contribution in [3.8, 4) is 0 Å². The van der Waals surface area contributed by atoms with E-state index in [-0.39, 0.29) is 38.9 Å². The molecule has 3 aromatic rings. The largest absolute Gasteiger partial charge is 0.480 e. The van der Waals surface area contributed by atoms with Crippen LogP contribution < -0.4 is 16.0 Å². The molecule has 1 aliphatic rings. The van der Waals surface area contributed by atoms with Crippen molar-refractivity contribution in [3.05, 3.63) is 96.2 Å². The number of amides is 3. The Labute approximate surface area is 249 Å². The van der Waals surface area contributed by atoms with E-state index in [0.717, 1.165) is 5.56 Å². The molecule has 0 bridgehead atoms. The minimum absolute atomic E-state index is 0.0485. The van der Waals surface area contributed by atoms with E-state index in [1.807, 2.05) is 48.5 Å². The number of hydrogen-bond acceptors (Lipinski definition) is 8. The number of pyridine rings is 1. The van der Waals surface area contributed by atoms with Gasteiger partial charge in [0.2, 0.25) is 11.8 Å². The zero-order valence-corrected chi connectivity index (χ0v) is 23.6. The molecule has 2 aromatic carbocycles. The molecule has 4 N–H and O–H groups in total. The predicted molar refractivity (Wildman–Crippen MR) is 157 cm³/mol. The molecule has 3 atom stereocenters. The lowest BCUT2D eigenvalue weighted by Gasteiger charge is -2.24. The smallest absolute Gasteiger partial charge is 0.410 e. The summed E-state index contributed by atoms with van der Waals surface area (Å²) in [6, 6.07) is 22.8. The number of carboxylic acid groups (broad SMARTS) is 1. The minimum Gasteiger partial charge on any atom is -0.480 e. The van der Waals surface area contributed by atoms with Gasteiger partial charge in [0.25, 0.3) is 0 Å². The summed E-state index contributed by atoms with van der Waals surface area (Å²) in [6.45, 7) is 0.708. The van der Waals surface area contributed by atoms with Crippen LogP contribution in [0.5, 0.6) is 0 Å². The molecule has 12 heteroatoms. The van der Waals surface area contributed by atoms with Gasteiger partial charge >= 0.3 is 12.1 Å². The van der Waals surface area contributed by atoms with Gasteiger partial charge in [0.1, 0.15) is 19.0 Å². The van der Waals surface area contributed by atoms with Crippen LogP contribution >= 0.6 is 0 Å². The van der Waals surface area contributed by atoms with E-state index in [2.05, 4.69) is 20.9 Å². The Morgan fingerprint density at radius 2 is 1.63 bits per heavy atom. The van der Waals surface area contributed by atoms with E-state index in [1.165, 1.54) is 0 Å². The van der Waals surface area contributed by atoms with Gasteiger partial charge in [0.15, 0.2) is 5.92 Å². The molecule has 0 saturated carbocycles. The molecule has 4 rings (SSSR count). The SMILES string of the molecule is O=C(COC1CC(CNc2ccccn2)N(C(=O)OCc2ccccc2)C1)NCCNC(=O)C(C(=O)O)c1ccccc1. The third-order valence-electron chi connectivity index (χ3n) is 6.84. The molecule has 3 unspecified atom stereocenters. The average molecular weight is 590 g/mol. The van der Waals surface area contributed by atoms with Crippen molar-refractivity contribution in [2.45, 2.75) is 31.1 Å². The fraction of sp³-hybridized carbons (Fsp3) is 0.323. The monoisotopic (exact) mass is 589 g/mol. The minimum atomic E-state index is -1.34. The first kappa shape index (κ1) is 31.0. The normalized spacial score (nSPS) is 16.6. The molecule has 3 amide bonds. The first-order valence-electron chi connectivity index (χ1n) is 14.0. The fourth-order valence-corrected chi connectivity index (χ4v) is 4.69. The molecule has 0 radical (unpaired) electrons. The number of likely N-dealkylation sites (tertiary alicyclic amines) is 1. The van der Waals surface area contributed by atoms with Gasteiger partial charge in [-0.15, -0.1) is 0 Å². The van der Waals surface area contributed by atoms with Gasteiger partial charge < -0.3 is 35.4 Å². The van der Waals surface area contributed by atoms with Gasteiger partial charge in [0.05, 0.1) is 18.7 Å². The number of aromatic nitrogens is 1. The molecule has 226 valence electrons. The van der Waals surface area contributed by atoms with Crippen molar-refractivity contribution in [2.75, 3.05) is 38.1 Å². The lowest BCUT2D eigenvalue weighted by atomic mass is 9.98. The van der Waals surface area contributed by atoms with E-state index in [0.29, 0.717) is 24.3 Å². The Balaban J connectivity index is 1.22. The molecule has 0 aliphatic carbocycles. The number of carbonyl (C=O) groups is 4. The van der Waals surface area contributed by atoms with Gasteiger partial charge in [-0.1, -0.05) is 66.7 Å². The van der Waals surface area contributed by atoms with Gasteiger partial charge in [-0.2, -0.15) is 0 Å². The number of hydrogen-bond donors (Lipinski definition) is 4. The number of anilines is 1. The first-order valence-corrected chi connectivity index (χ1v) is 14.0. The van der Waals surface area contributed by atoms with Crippen LogP contribution in [0.2, 0.25) is 0 Å². The summed E-state index contributed by atoms with van der Waals surface area (Å²) in [5, 5.41) is 17.9. The van der Waals surface area contributed by atoms with Gasteiger partial charge in [-0.25, -0.2) is 9.78 Å². The van der Waals surface area contributed by atoms with Crippen LogP contribution in [0.25, 0.3) is 0 Å². The first-order chi connectivity index (χ1) is 20.9. The number of benzene rings is 2. The Morgan fingerprint density at radius 3 is 2.33 bits per heavy atom. The number of ether oxygens (including phenoxy) is 2. The van der Waals surface area contributed by atoms with Crippen LogP contribution in [0, 0.1) is 0 Å². The summed E-state index contributed by atoms with van der Waals surface area (Å²) in [5.74, 6) is -3.00. The Morgan fingerprint density at radius 1 is 0.930 bits per heavy atom. The molecule has 1 aliphatic heterocycles. The summed E-state index contributed by atoms with van der Waals surface area (Å²) in [6.07, 6.45) is 1.29. The summed E-state index contributed by atoms with van der Waals surface area (Å²) < 4.78 is 11.4. The standard InChI is InChI=1S/C31H35N5O7/c37-27(33-15-16-34-29(38)28(30(39)40)23-11-5-2-6-12-23)21-42-25-17-24(18-35-26-13-7-8-14-32-26)36(19-25)31(41)43-20-22-9-3-1-4-10-22/h1-14,24-25,28H,15-21H2,(H,32,35)(H,33,37)(H,34,38)(H,39,40). The molecule has 0 spiro atoms. The topological polar surface area (TPSA) is 159 Å². The van der Waals surface area contributed by atoms with E-state index in [9.17, 15) is 24.3 Å². The Kier molecular flexibility index (Phi) is 11.4. The molecule has 1 aromatic heterocycles. The lowest BCUT2D eigenvalue weighted by molar-refractivity contribution is -0.143. The highest BCUT2D eigenvalue weighted by molar-refractivity contribution is 6.02. The summed E-state index contributed by atoms with van der Waals surface area (Å²) >= 11 is 0. The number of carbonyl (C=O) groups excluding carboxylic acids is 3. The highest BCUT2D eigenvalue weighted by Crippen LogP contribution is 2.22. The number of nitrogens with one attached hydrogen (secondary N) is 3. The summed E-state index contributed by atoms with van der Waals surface area (Å²) in [5.41, 5.74) is 1.24. The lowest BCUT2D eigenvalue weighted by Crippen LogP contribution is -2.40. The summed E-state index contributed by atoms with van der Waals surface area (Å²) in [7, 11) is 0. The Bertz CT molecular complexity index is 1340. The number of carboxylic acids is 1. The number of aliphatic carboxylic acids is 1. The molecular weight excluding hydrogens is 554 g/mol. The zero-order valence-electron chi connectivity index (χ0n) is 23.6. The second-order valence-corrected chi connectivity index (χ2v) is 9.93. The predicted octanol–water partition coefficient (Wildman–Crippen LogP) is 2.39. The third kappa shape index (κ3) is 9.54. The maximum atomic E-state index is 13.0. The van der Waals surface area contributed by atoms with E-state index in [1.54, 1.807) is 41.4 Å². The fourth-order valence-electron chi connectivity index (χ4n) is 4.69. The van der Waals surface area contributed by atoms with E-state index >= 15 is 0 Å². The molecule has 43 heavy (non-hydrogen) atoms. The van der Waals surface area contributed by atoms with Crippen LogP contribution in [0.15, 0.2) is 85.1 Å². The van der Waals surface area contributed by atoms with E-state index in [4.69, 9.17) is 9.47 Å². The molecule has 2 heterocycles. The second-order valence-electron chi connectivity index (χ2n) is 9.93. The number of rotatable bonds is 14. The zero-order chi connectivity index (χ0) is 30.4. The molecule has 1 fully saturated rings. The molecule has 1 saturated heterocycles. The van der Waals surface area contributed by atoms with Crippen LogP contribution in [-0.4, -0.2) is 83.8 Å². The molecular formula is C31H35N5O7. The maximum Gasteiger partial charge on any atom is 0.410 e. The quantitative estimate of drug-likeness (QED) is 0.164. The van der Waals surface area contributed by atoms with Crippen molar-refractivity contribution < 1.29 is 33.8 Å². The van der Waals surface area contributed by atoms with Gasteiger partial charge in [-0.05, 0) is 29.7 Å². The van der Waals surface area contributed by atoms with Crippen molar-refractivity contribution >= 4 is 29.7 Å². The molecule has 12 nitrogen and oxygen atoms in total. The van der Waals surface area contributed by atoms with Crippen molar-refractivity contribution in [1.29, 1.82) is 0 Å². The highest BCUT2D eigenvalue weighted by Gasteiger charge is 2.37. The summed E-state index contributed by atoms with van der Waals surface area (Å²) in [4.78, 5) is 55.3. The Hall–Kier alpha value is -4.97. The van der Waals surface area contributed by atoms with Crippen LogP contribution in [-0.2, 0) is 30.5 Å². The van der Waals surface area contributed by atoms with Gasteiger partial charge in [-0.3, -0.25) is 14.4 Å². The maximum absolute atomic E-state index is 13.0. The van der Waals surface area contributed by atoms with Crippen molar-refractivity contribution in [2.24, 2.45) is 0 Å². The van der Waals surface area contributed by atoms with E-state index < -0.39 is 35.9 Å². The van der Waals surface area contributed by atoms with Gasteiger partial charge in [0, 0.05) is 25.8 Å². The van der Waals surface area contributed by atoms with Crippen molar-refractivity contribution in [3.63, 3.8) is 0 Å². The van der Waals surface area contributed by atoms with Crippen LogP contribution in [0.1, 0.15) is 23.5 Å². The third-order valence-corrected chi connectivity index (χ3v) is 6.84. The van der Waals surface area contributed by atoms with Crippen LogP contribution in [0.3, 0.4) is 0 Å².